The standard InChI is InChI=1S/C20H17N3O2/c1-3-4-16-20(22-19-9-13(12-21)7-8-23(16)19)18-11-14-10-15(24-2)5-6-17(14)25-18/h5-11H,3-4H2,1-2H3. The molecule has 0 saturated carbocycles. The van der Waals surface area contributed by atoms with E-state index in [4.69, 9.17) is 19.4 Å². The van der Waals surface area contributed by atoms with Crippen molar-refractivity contribution in [1.29, 1.82) is 5.26 Å². The molecule has 4 aromatic rings. The van der Waals surface area contributed by atoms with Crippen LogP contribution in [-0.4, -0.2) is 16.5 Å². The zero-order chi connectivity index (χ0) is 17.4. The van der Waals surface area contributed by atoms with E-state index in [-0.39, 0.29) is 0 Å². The topological polar surface area (TPSA) is 63.5 Å². The van der Waals surface area contributed by atoms with E-state index in [0.29, 0.717) is 5.56 Å². The van der Waals surface area contributed by atoms with E-state index in [1.807, 2.05) is 34.9 Å². The molecule has 25 heavy (non-hydrogen) atoms. The quantitative estimate of drug-likeness (QED) is 0.549. The van der Waals surface area contributed by atoms with E-state index in [9.17, 15) is 0 Å². The molecule has 4 rings (SSSR count). The first-order valence-electron chi connectivity index (χ1n) is 8.22. The first kappa shape index (κ1) is 15.3. The third-order valence-corrected chi connectivity index (χ3v) is 4.30. The van der Waals surface area contributed by atoms with Crippen LogP contribution in [0.4, 0.5) is 0 Å². The van der Waals surface area contributed by atoms with Crippen molar-refractivity contribution < 1.29 is 9.15 Å². The normalized spacial score (nSPS) is 11.1. The van der Waals surface area contributed by atoms with Crippen molar-refractivity contribution in [3.63, 3.8) is 0 Å². The number of imidazole rings is 1. The number of aromatic nitrogens is 2. The Morgan fingerprint density at radius 2 is 2.12 bits per heavy atom. The fraction of sp³-hybridized carbons (Fsp3) is 0.200. The number of ether oxygens (including phenoxy) is 1. The minimum atomic E-state index is 0.599. The third kappa shape index (κ3) is 2.52. The second-order valence-electron chi connectivity index (χ2n) is 5.93. The van der Waals surface area contributed by atoms with Crippen LogP contribution in [-0.2, 0) is 6.42 Å². The maximum Gasteiger partial charge on any atom is 0.155 e. The van der Waals surface area contributed by atoms with Crippen molar-refractivity contribution in [2.45, 2.75) is 19.8 Å². The van der Waals surface area contributed by atoms with Gasteiger partial charge >= 0.3 is 0 Å². The minimum absolute atomic E-state index is 0.599. The molecule has 0 radical (unpaired) electrons. The summed E-state index contributed by atoms with van der Waals surface area (Å²) < 4.78 is 13.3. The molecule has 0 amide bonds. The second kappa shape index (κ2) is 5.99. The average molecular weight is 331 g/mol. The fourth-order valence-corrected chi connectivity index (χ4v) is 3.10. The van der Waals surface area contributed by atoms with Gasteiger partial charge in [-0.3, -0.25) is 0 Å². The number of hydrogen-bond donors (Lipinski definition) is 0. The number of hydrogen-bond acceptors (Lipinski definition) is 4. The molecule has 0 bridgehead atoms. The number of nitriles is 1. The van der Waals surface area contributed by atoms with E-state index < -0.39 is 0 Å². The highest BCUT2D eigenvalue weighted by molar-refractivity contribution is 5.84. The van der Waals surface area contributed by atoms with Crippen LogP contribution in [0.25, 0.3) is 28.1 Å². The lowest BCUT2D eigenvalue weighted by molar-refractivity contribution is 0.415. The van der Waals surface area contributed by atoms with Gasteiger partial charge in [-0.15, -0.1) is 0 Å². The smallest absolute Gasteiger partial charge is 0.155 e. The van der Waals surface area contributed by atoms with Crippen LogP contribution >= 0.6 is 0 Å². The summed E-state index contributed by atoms with van der Waals surface area (Å²) in [7, 11) is 1.65. The molecule has 1 aromatic carbocycles. The molecule has 0 saturated heterocycles. The van der Waals surface area contributed by atoms with Crippen LogP contribution in [0.1, 0.15) is 24.6 Å². The maximum absolute atomic E-state index is 9.12. The molecule has 0 N–H and O–H groups in total. The van der Waals surface area contributed by atoms with Gasteiger partial charge in [0, 0.05) is 11.6 Å². The summed E-state index contributed by atoms with van der Waals surface area (Å²) in [6, 6.07) is 13.5. The maximum atomic E-state index is 9.12. The summed E-state index contributed by atoms with van der Waals surface area (Å²) >= 11 is 0. The van der Waals surface area contributed by atoms with Gasteiger partial charge in [0.05, 0.1) is 24.4 Å². The summed E-state index contributed by atoms with van der Waals surface area (Å²) in [6.07, 6.45) is 3.78. The first-order chi connectivity index (χ1) is 12.2. The van der Waals surface area contributed by atoms with Crippen LogP contribution in [0.3, 0.4) is 0 Å². The first-order valence-corrected chi connectivity index (χ1v) is 8.22. The van der Waals surface area contributed by atoms with Crippen molar-refractivity contribution in [3.8, 4) is 23.3 Å². The van der Waals surface area contributed by atoms with Gasteiger partial charge in [0.2, 0.25) is 0 Å². The minimum Gasteiger partial charge on any atom is -0.497 e. The SMILES string of the molecule is CCCc1c(-c2cc3cc(OC)ccc3o2)nc2cc(C#N)ccn12. The predicted molar refractivity (Wildman–Crippen MR) is 95.7 cm³/mol. The Hall–Kier alpha value is -3.26. The van der Waals surface area contributed by atoms with Crippen molar-refractivity contribution in [3.05, 3.63) is 53.9 Å². The lowest BCUT2D eigenvalue weighted by Gasteiger charge is -2.01. The largest absolute Gasteiger partial charge is 0.497 e. The second-order valence-corrected chi connectivity index (χ2v) is 5.93. The van der Waals surface area contributed by atoms with Gasteiger partial charge in [0.15, 0.2) is 5.76 Å². The number of rotatable bonds is 4. The number of pyridine rings is 1. The van der Waals surface area contributed by atoms with Gasteiger partial charge in [-0.1, -0.05) is 13.3 Å². The highest BCUT2D eigenvalue weighted by atomic mass is 16.5. The molecular weight excluding hydrogens is 314 g/mol. The summed E-state index contributed by atoms with van der Waals surface area (Å²) in [4.78, 5) is 4.73. The Bertz CT molecular complexity index is 1120. The van der Waals surface area contributed by atoms with Crippen LogP contribution in [0.15, 0.2) is 47.0 Å². The van der Waals surface area contributed by atoms with Crippen LogP contribution in [0.2, 0.25) is 0 Å². The van der Waals surface area contributed by atoms with Gasteiger partial charge in [-0.05, 0) is 42.8 Å². The fourth-order valence-electron chi connectivity index (χ4n) is 3.10. The highest BCUT2D eigenvalue weighted by Crippen LogP contribution is 2.32. The van der Waals surface area contributed by atoms with Crippen molar-refractivity contribution in [1.82, 2.24) is 9.38 Å². The molecule has 0 atom stereocenters. The number of benzene rings is 1. The van der Waals surface area contributed by atoms with E-state index in [2.05, 4.69) is 13.0 Å². The van der Waals surface area contributed by atoms with Gasteiger partial charge in [-0.25, -0.2) is 4.98 Å². The molecule has 5 heteroatoms. The zero-order valence-electron chi connectivity index (χ0n) is 14.1. The molecule has 0 aliphatic rings. The molecule has 3 aromatic heterocycles. The summed E-state index contributed by atoms with van der Waals surface area (Å²) in [5.74, 6) is 1.52. The molecule has 3 heterocycles. The Balaban J connectivity index is 1.93. The Kier molecular flexibility index (Phi) is 3.66. The Labute approximate surface area is 145 Å². The van der Waals surface area contributed by atoms with E-state index >= 15 is 0 Å². The number of aryl methyl sites for hydroxylation is 1. The molecular formula is C20H17N3O2. The van der Waals surface area contributed by atoms with Crippen LogP contribution < -0.4 is 4.74 Å². The molecule has 124 valence electrons. The van der Waals surface area contributed by atoms with Gasteiger partial charge in [0.25, 0.3) is 0 Å². The summed E-state index contributed by atoms with van der Waals surface area (Å²) in [5.41, 5.74) is 4.07. The van der Waals surface area contributed by atoms with E-state index in [1.54, 1.807) is 19.2 Å². The van der Waals surface area contributed by atoms with Gasteiger partial charge < -0.3 is 13.6 Å². The number of fused-ring (bicyclic) bond motifs is 2. The predicted octanol–water partition coefficient (Wildman–Crippen LogP) is 4.58. The third-order valence-electron chi connectivity index (χ3n) is 4.30. The monoisotopic (exact) mass is 331 g/mol. The molecule has 0 spiro atoms. The summed E-state index contributed by atoms with van der Waals surface area (Å²) in [6.45, 7) is 2.14. The Morgan fingerprint density at radius 3 is 2.88 bits per heavy atom. The molecule has 0 unspecified atom stereocenters. The van der Waals surface area contributed by atoms with Crippen molar-refractivity contribution in [2.75, 3.05) is 7.11 Å². The molecule has 5 nitrogen and oxygen atoms in total. The van der Waals surface area contributed by atoms with Gasteiger partial charge in [-0.2, -0.15) is 5.26 Å². The lowest BCUT2D eigenvalue weighted by atomic mass is 10.1. The van der Waals surface area contributed by atoms with E-state index in [1.165, 1.54) is 0 Å². The lowest BCUT2D eigenvalue weighted by Crippen LogP contribution is -1.94. The van der Waals surface area contributed by atoms with Gasteiger partial charge in [0.1, 0.15) is 22.7 Å². The highest BCUT2D eigenvalue weighted by Gasteiger charge is 2.17. The van der Waals surface area contributed by atoms with Crippen molar-refractivity contribution in [2.24, 2.45) is 0 Å². The molecule has 0 aliphatic heterocycles. The number of nitrogens with zero attached hydrogens (tertiary/aromatic N) is 3. The van der Waals surface area contributed by atoms with Crippen molar-refractivity contribution >= 4 is 16.6 Å². The van der Waals surface area contributed by atoms with Crippen LogP contribution in [0.5, 0.6) is 5.75 Å². The van der Waals surface area contributed by atoms with Crippen LogP contribution in [0, 0.1) is 11.3 Å². The number of furan rings is 1. The zero-order valence-corrected chi connectivity index (χ0v) is 14.1. The number of methoxy groups -OCH3 is 1. The molecule has 0 aliphatic carbocycles. The molecule has 0 fully saturated rings. The van der Waals surface area contributed by atoms with E-state index in [0.717, 1.165) is 52.4 Å². The Morgan fingerprint density at radius 1 is 1.24 bits per heavy atom. The average Bonchev–Trinajstić information content (AvgIpc) is 3.22. The summed E-state index contributed by atoms with van der Waals surface area (Å²) in [5, 5.41) is 10.1.